The molecule has 2 fully saturated rings. The van der Waals surface area contributed by atoms with Crippen molar-refractivity contribution >= 4 is 16.0 Å². The SMILES string of the molecule is CN=C(NCc1ccc(S(=O)(=O)N2CCCCC2)cc1)NC1CCC(C)CC1. The summed E-state index contributed by atoms with van der Waals surface area (Å²) in [6.45, 7) is 4.20. The summed E-state index contributed by atoms with van der Waals surface area (Å²) in [6.07, 6.45) is 7.92. The lowest BCUT2D eigenvalue weighted by Gasteiger charge is -2.28. The maximum Gasteiger partial charge on any atom is 0.243 e. The van der Waals surface area contributed by atoms with Crippen molar-refractivity contribution in [3.8, 4) is 0 Å². The quantitative estimate of drug-likeness (QED) is 0.582. The monoisotopic (exact) mass is 406 g/mol. The van der Waals surface area contributed by atoms with E-state index >= 15 is 0 Å². The van der Waals surface area contributed by atoms with E-state index in [1.165, 1.54) is 25.7 Å². The van der Waals surface area contributed by atoms with Crippen molar-refractivity contribution in [3.63, 3.8) is 0 Å². The van der Waals surface area contributed by atoms with Gasteiger partial charge >= 0.3 is 0 Å². The summed E-state index contributed by atoms with van der Waals surface area (Å²) in [7, 11) is -1.57. The first-order valence-corrected chi connectivity index (χ1v) is 12.0. The minimum absolute atomic E-state index is 0.386. The third-order valence-corrected chi connectivity index (χ3v) is 7.83. The molecule has 0 bridgehead atoms. The maximum absolute atomic E-state index is 12.7. The standard InChI is InChI=1S/C21H34N4O2S/c1-17-6-10-19(11-7-17)24-21(22-2)23-16-18-8-12-20(13-9-18)28(26,27)25-14-4-3-5-15-25/h8-9,12-13,17,19H,3-7,10-11,14-16H2,1-2H3,(H2,22,23,24). The van der Waals surface area contributed by atoms with Crippen LogP contribution in [0.3, 0.4) is 0 Å². The third kappa shape index (κ3) is 5.47. The van der Waals surface area contributed by atoms with Crippen LogP contribution < -0.4 is 10.6 Å². The van der Waals surface area contributed by atoms with Gasteiger partial charge in [-0.15, -0.1) is 0 Å². The Bertz CT molecular complexity index is 747. The Hall–Kier alpha value is -1.60. The molecule has 1 aromatic rings. The van der Waals surface area contributed by atoms with Gasteiger partial charge in [-0.1, -0.05) is 25.5 Å². The maximum atomic E-state index is 12.7. The van der Waals surface area contributed by atoms with Gasteiger partial charge in [-0.2, -0.15) is 4.31 Å². The normalized spacial score (nSPS) is 24.7. The molecule has 0 atom stereocenters. The molecule has 2 N–H and O–H groups in total. The molecule has 0 unspecified atom stereocenters. The predicted molar refractivity (Wildman–Crippen MR) is 114 cm³/mol. The van der Waals surface area contributed by atoms with Crippen molar-refractivity contribution < 1.29 is 8.42 Å². The molecule has 0 radical (unpaired) electrons. The second-order valence-electron chi connectivity index (χ2n) is 8.14. The van der Waals surface area contributed by atoms with Crippen LogP contribution in [0.5, 0.6) is 0 Å². The second-order valence-corrected chi connectivity index (χ2v) is 10.1. The van der Waals surface area contributed by atoms with Crippen LogP contribution in [-0.4, -0.2) is 44.9 Å². The highest BCUT2D eigenvalue weighted by molar-refractivity contribution is 7.89. The Labute approximate surface area is 169 Å². The van der Waals surface area contributed by atoms with Crippen molar-refractivity contribution in [2.45, 2.75) is 69.4 Å². The number of aliphatic imine (C=N–C) groups is 1. The highest BCUT2D eigenvalue weighted by Gasteiger charge is 2.25. The summed E-state index contributed by atoms with van der Waals surface area (Å²) in [5.41, 5.74) is 1.04. The zero-order valence-corrected chi connectivity index (χ0v) is 18.0. The molecule has 2 aliphatic rings. The van der Waals surface area contributed by atoms with E-state index in [2.05, 4.69) is 22.5 Å². The second kappa shape index (κ2) is 9.74. The topological polar surface area (TPSA) is 73.8 Å². The minimum Gasteiger partial charge on any atom is -0.354 e. The van der Waals surface area contributed by atoms with Gasteiger partial charge in [-0.3, -0.25) is 4.99 Å². The fourth-order valence-corrected chi connectivity index (χ4v) is 5.53. The predicted octanol–water partition coefficient (Wildman–Crippen LogP) is 3.10. The van der Waals surface area contributed by atoms with Crippen LogP contribution in [0.2, 0.25) is 0 Å². The molecular formula is C21H34N4O2S. The Kier molecular flexibility index (Phi) is 7.35. The highest BCUT2D eigenvalue weighted by atomic mass is 32.2. The molecule has 28 heavy (non-hydrogen) atoms. The Morgan fingerprint density at radius 3 is 2.32 bits per heavy atom. The molecule has 156 valence electrons. The first kappa shape index (κ1) is 21.1. The van der Waals surface area contributed by atoms with Crippen LogP contribution in [0, 0.1) is 5.92 Å². The lowest BCUT2D eigenvalue weighted by Crippen LogP contribution is -2.44. The summed E-state index contributed by atoms with van der Waals surface area (Å²) in [4.78, 5) is 4.71. The Balaban J connectivity index is 1.53. The van der Waals surface area contributed by atoms with Gasteiger partial charge in [0.2, 0.25) is 10.0 Å². The summed E-state index contributed by atoms with van der Waals surface area (Å²) >= 11 is 0. The van der Waals surface area contributed by atoms with Crippen LogP contribution >= 0.6 is 0 Å². The van der Waals surface area contributed by atoms with Crippen molar-refractivity contribution in [2.75, 3.05) is 20.1 Å². The number of nitrogens with zero attached hydrogens (tertiary/aromatic N) is 2. The van der Waals surface area contributed by atoms with Crippen LogP contribution in [0.25, 0.3) is 0 Å². The lowest BCUT2D eigenvalue weighted by molar-refractivity contribution is 0.329. The zero-order chi connectivity index (χ0) is 20.0. The van der Waals surface area contributed by atoms with Gasteiger partial charge < -0.3 is 10.6 Å². The van der Waals surface area contributed by atoms with Gasteiger partial charge in [0.05, 0.1) is 4.90 Å². The molecule has 1 aliphatic heterocycles. The van der Waals surface area contributed by atoms with E-state index in [0.29, 0.717) is 30.6 Å². The first-order valence-electron chi connectivity index (χ1n) is 10.6. The number of hydrogen-bond donors (Lipinski definition) is 2. The van der Waals surface area contributed by atoms with E-state index in [0.717, 1.165) is 36.7 Å². The molecule has 0 amide bonds. The van der Waals surface area contributed by atoms with E-state index in [4.69, 9.17) is 0 Å². The van der Waals surface area contributed by atoms with E-state index in [9.17, 15) is 8.42 Å². The number of piperidine rings is 1. The van der Waals surface area contributed by atoms with Gasteiger partial charge in [-0.05, 0) is 62.1 Å². The van der Waals surface area contributed by atoms with Crippen molar-refractivity contribution in [2.24, 2.45) is 10.9 Å². The largest absolute Gasteiger partial charge is 0.354 e. The third-order valence-electron chi connectivity index (χ3n) is 5.92. The summed E-state index contributed by atoms with van der Waals surface area (Å²) in [5, 5.41) is 6.86. The van der Waals surface area contributed by atoms with Crippen LogP contribution in [0.15, 0.2) is 34.2 Å². The van der Waals surface area contributed by atoms with Crippen LogP contribution in [0.4, 0.5) is 0 Å². The molecule has 1 aliphatic carbocycles. The number of sulfonamides is 1. The van der Waals surface area contributed by atoms with Crippen LogP contribution in [-0.2, 0) is 16.6 Å². The first-order chi connectivity index (χ1) is 13.5. The molecule has 1 saturated carbocycles. The number of nitrogens with one attached hydrogen (secondary N) is 2. The lowest BCUT2D eigenvalue weighted by atomic mass is 9.87. The molecule has 7 heteroatoms. The summed E-state index contributed by atoms with van der Waals surface area (Å²) in [6, 6.07) is 7.71. The molecule has 3 rings (SSSR count). The highest BCUT2D eigenvalue weighted by Crippen LogP contribution is 2.23. The molecule has 1 aromatic carbocycles. The fraction of sp³-hybridized carbons (Fsp3) is 0.667. The average molecular weight is 407 g/mol. The van der Waals surface area contributed by atoms with Crippen LogP contribution in [0.1, 0.15) is 57.4 Å². The summed E-state index contributed by atoms with van der Waals surface area (Å²) in [5.74, 6) is 1.64. The van der Waals surface area contributed by atoms with E-state index in [-0.39, 0.29) is 0 Å². The fourth-order valence-electron chi connectivity index (χ4n) is 4.01. The molecule has 1 heterocycles. The smallest absolute Gasteiger partial charge is 0.243 e. The van der Waals surface area contributed by atoms with Gasteiger partial charge in [0.1, 0.15) is 0 Å². The molecule has 0 spiro atoms. The number of rotatable bonds is 5. The zero-order valence-electron chi connectivity index (χ0n) is 17.2. The van der Waals surface area contributed by atoms with Crippen molar-refractivity contribution in [1.82, 2.24) is 14.9 Å². The molecule has 0 aromatic heterocycles. The van der Waals surface area contributed by atoms with Gasteiger partial charge in [0, 0.05) is 32.7 Å². The van der Waals surface area contributed by atoms with Crippen molar-refractivity contribution in [3.05, 3.63) is 29.8 Å². The number of hydrogen-bond acceptors (Lipinski definition) is 3. The average Bonchev–Trinajstić information content (AvgIpc) is 2.73. The molecule has 1 saturated heterocycles. The number of guanidine groups is 1. The van der Waals surface area contributed by atoms with E-state index in [1.807, 2.05) is 12.1 Å². The minimum atomic E-state index is -3.36. The molecule has 6 nitrogen and oxygen atoms in total. The number of benzene rings is 1. The van der Waals surface area contributed by atoms with E-state index < -0.39 is 10.0 Å². The summed E-state index contributed by atoms with van der Waals surface area (Å²) < 4.78 is 27.1. The van der Waals surface area contributed by atoms with E-state index in [1.54, 1.807) is 23.5 Å². The van der Waals surface area contributed by atoms with Crippen molar-refractivity contribution in [1.29, 1.82) is 0 Å². The Morgan fingerprint density at radius 2 is 1.71 bits per heavy atom. The Morgan fingerprint density at radius 1 is 1.07 bits per heavy atom. The van der Waals surface area contributed by atoms with Gasteiger partial charge in [0.15, 0.2) is 5.96 Å². The van der Waals surface area contributed by atoms with Gasteiger partial charge in [-0.25, -0.2) is 8.42 Å². The molecular weight excluding hydrogens is 372 g/mol. The van der Waals surface area contributed by atoms with Gasteiger partial charge in [0.25, 0.3) is 0 Å².